The molecule has 17 heavy (non-hydrogen) atoms. The first-order chi connectivity index (χ1) is 8.04. The van der Waals surface area contributed by atoms with Crippen molar-refractivity contribution in [3.8, 4) is 5.75 Å². The maximum atomic E-state index is 13.8. The molecule has 0 radical (unpaired) electrons. The summed E-state index contributed by atoms with van der Waals surface area (Å²) < 4.78 is 19.3. The second-order valence-corrected chi connectivity index (χ2v) is 4.67. The van der Waals surface area contributed by atoms with E-state index >= 15 is 0 Å². The average Bonchev–Trinajstić information content (AvgIpc) is 2.26. The monoisotopic (exact) mass is 239 g/mol. The van der Waals surface area contributed by atoms with E-state index in [9.17, 15) is 4.39 Å². The van der Waals surface area contributed by atoms with Crippen molar-refractivity contribution in [3.05, 3.63) is 29.6 Å². The third-order valence-electron chi connectivity index (χ3n) is 2.53. The van der Waals surface area contributed by atoms with Gasteiger partial charge in [-0.15, -0.1) is 0 Å². The van der Waals surface area contributed by atoms with Crippen molar-refractivity contribution in [1.29, 1.82) is 0 Å². The number of ether oxygens (including phenoxy) is 1. The number of rotatable bonds is 6. The van der Waals surface area contributed by atoms with E-state index in [-0.39, 0.29) is 11.9 Å². The zero-order valence-corrected chi connectivity index (χ0v) is 11.1. The second-order valence-electron chi connectivity index (χ2n) is 4.67. The van der Waals surface area contributed by atoms with Gasteiger partial charge in [0.1, 0.15) is 11.6 Å². The maximum absolute atomic E-state index is 13.8. The number of hydrogen-bond acceptors (Lipinski definition) is 2. The zero-order chi connectivity index (χ0) is 12.8. The minimum Gasteiger partial charge on any atom is -0.493 e. The van der Waals surface area contributed by atoms with Crippen LogP contribution in [-0.2, 0) is 0 Å². The Morgan fingerprint density at radius 3 is 2.53 bits per heavy atom. The molecule has 0 amide bonds. The summed E-state index contributed by atoms with van der Waals surface area (Å²) in [7, 11) is 0. The average molecular weight is 239 g/mol. The molecule has 0 aromatic heterocycles. The largest absolute Gasteiger partial charge is 0.493 e. The fraction of sp³-hybridized carbons (Fsp3) is 0.571. The van der Waals surface area contributed by atoms with Gasteiger partial charge in [-0.1, -0.05) is 26.8 Å². The minimum absolute atomic E-state index is 0.0270. The SMILES string of the molecule is CCNC(C)c1ccc(OCC(C)C)cc1F. The molecule has 1 atom stereocenters. The molecule has 1 rings (SSSR count). The number of nitrogens with one attached hydrogen (secondary N) is 1. The third-order valence-corrected chi connectivity index (χ3v) is 2.53. The van der Waals surface area contributed by atoms with E-state index in [0.717, 1.165) is 6.54 Å². The summed E-state index contributed by atoms with van der Waals surface area (Å²) in [6, 6.07) is 5.11. The number of hydrogen-bond donors (Lipinski definition) is 1. The molecule has 0 heterocycles. The Kier molecular flexibility index (Phi) is 5.42. The summed E-state index contributed by atoms with van der Waals surface area (Å²) in [5, 5.41) is 3.19. The van der Waals surface area contributed by atoms with Gasteiger partial charge in [0, 0.05) is 17.7 Å². The molecule has 1 unspecified atom stereocenters. The molecule has 0 fully saturated rings. The van der Waals surface area contributed by atoms with Gasteiger partial charge in [-0.2, -0.15) is 0 Å². The summed E-state index contributed by atoms with van der Waals surface area (Å²) in [6.45, 7) is 9.54. The predicted molar refractivity (Wildman–Crippen MR) is 68.8 cm³/mol. The fourth-order valence-electron chi connectivity index (χ4n) is 1.63. The maximum Gasteiger partial charge on any atom is 0.131 e. The number of halogens is 1. The topological polar surface area (TPSA) is 21.3 Å². The van der Waals surface area contributed by atoms with Gasteiger partial charge in [-0.05, 0) is 25.5 Å². The van der Waals surface area contributed by atoms with Gasteiger partial charge in [0.2, 0.25) is 0 Å². The van der Waals surface area contributed by atoms with Crippen LogP contribution >= 0.6 is 0 Å². The van der Waals surface area contributed by atoms with Crippen LogP contribution in [0.25, 0.3) is 0 Å². The van der Waals surface area contributed by atoms with E-state index in [0.29, 0.717) is 23.8 Å². The molecule has 0 spiro atoms. The summed E-state index contributed by atoms with van der Waals surface area (Å²) in [6.07, 6.45) is 0. The molecule has 0 aliphatic carbocycles. The van der Waals surface area contributed by atoms with Crippen molar-refractivity contribution in [2.24, 2.45) is 5.92 Å². The third kappa shape index (κ3) is 4.35. The van der Waals surface area contributed by atoms with Crippen LogP contribution in [0.1, 0.15) is 39.3 Å². The van der Waals surface area contributed by atoms with Gasteiger partial charge >= 0.3 is 0 Å². The highest BCUT2D eigenvalue weighted by Crippen LogP contribution is 2.22. The highest BCUT2D eigenvalue weighted by atomic mass is 19.1. The zero-order valence-electron chi connectivity index (χ0n) is 11.1. The van der Waals surface area contributed by atoms with E-state index in [2.05, 4.69) is 19.2 Å². The smallest absolute Gasteiger partial charge is 0.131 e. The molecular weight excluding hydrogens is 217 g/mol. The van der Waals surface area contributed by atoms with Crippen LogP contribution in [0.3, 0.4) is 0 Å². The predicted octanol–water partition coefficient (Wildman–Crippen LogP) is 3.53. The molecule has 3 heteroatoms. The van der Waals surface area contributed by atoms with Crippen LogP contribution in [-0.4, -0.2) is 13.2 Å². The quantitative estimate of drug-likeness (QED) is 0.820. The summed E-state index contributed by atoms with van der Waals surface area (Å²) in [5.74, 6) is 0.835. The van der Waals surface area contributed by atoms with E-state index in [4.69, 9.17) is 4.74 Å². The Labute approximate surface area is 103 Å². The Bertz CT molecular complexity index is 352. The molecule has 0 bridgehead atoms. The highest BCUT2D eigenvalue weighted by molar-refractivity contribution is 5.30. The lowest BCUT2D eigenvalue weighted by atomic mass is 10.1. The van der Waals surface area contributed by atoms with Crippen molar-refractivity contribution < 1.29 is 9.13 Å². The summed E-state index contributed by atoms with van der Waals surface area (Å²) in [5.41, 5.74) is 0.684. The van der Waals surface area contributed by atoms with Crippen molar-refractivity contribution in [3.63, 3.8) is 0 Å². The first-order valence-corrected chi connectivity index (χ1v) is 6.20. The van der Waals surface area contributed by atoms with Crippen LogP contribution in [0.2, 0.25) is 0 Å². The lowest BCUT2D eigenvalue weighted by molar-refractivity contribution is 0.269. The molecule has 0 saturated heterocycles. The molecule has 2 nitrogen and oxygen atoms in total. The van der Waals surface area contributed by atoms with Crippen LogP contribution < -0.4 is 10.1 Å². The van der Waals surface area contributed by atoms with Crippen LogP contribution in [0.4, 0.5) is 4.39 Å². The van der Waals surface area contributed by atoms with Crippen LogP contribution in [0, 0.1) is 11.7 Å². The highest BCUT2D eigenvalue weighted by Gasteiger charge is 2.10. The van der Waals surface area contributed by atoms with Crippen molar-refractivity contribution in [2.75, 3.05) is 13.2 Å². The van der Waals surface area contributed by atoms with Gasteiger partial charge in [0.05, 0.1) is 6.61 Å². The first kappa shape index (κ1) is 14.0. The molecule has 1 aromatic rings. The van der Waals surface area contributed by atoms with Crippen LogP contribution in [0.15, 0.2) is 18.2 Å². The molecule has 1 N–H and O–H groups in total. The van der Waals surface area contributed by atoms with E-state index in [1.54, 1.807) is 6.07 Å². The molecule has 96 valence electrons. The molecular formula is C14H22FNO. The van der Waals surface area contributed by atoms with Crippen LogP contribution in [0.5, 0.6) is 5.75 Å². The fourth-order valence-corrected chi connectivity index (χ4v) is 1.63. The summed E-state index contributed by atoms with van der Waals surface area (Å²) in [4.78, 5) is 0. The Balaban J connectivity index is 2.72. The Morgan fingerprint density at radius 1 is 1.29 bits per heavy atom. The number of benzene rings is 1. The van der Waals surface area contributed by atoms with Crippen molar-refractivity contribution in [2.45, 2.75) is 33.7 Å². The lowest BCUT2D eigenvalue weighted by Gasteiger charge is -2.15. The summed E-state index contributed by atoms with van der Waals surface area (Å²) >= 11 is 0. The second kappa shape index (κ2) is 6.60. The lowest BCUT2D eigenvalue weighted by Crippen LogP contribution is -2.18. The van der Waals surface area contributed by atoms with Gasteiger partial charge in [-0.25, -0.2) is 4.39 Å². The van der Waals surface area contributed by atoms with Gasteiger partial charge in [0.25, 0.3) is 0 Å². The molecule has 0 aliphatic heterocycles. The normalized spacial score (nSPS) is 12.8. The van der Waals surface area contributed by atoms with Gasteiger partial charge in [-0.3, -0.25) is 0 Å². The van der Waals surface area contributed by atoms with E-state index in [1.165, 1.54) is 6.07 Å². The first-order valence-electron chi connectivity index (χ1n) is 6.20. The Hall–Kier alpha value is -1.09. The molecule has 0 saturated carbocycles. The molecule has 1 aromatic carbocycles. The minimum atomic E-state index is -0.209. The van der Waals surface area contributed by atoms with E-state index in [1.807, 2.05) is 19.9 Å². The van der Waals surface area contributed by atoms with Gasteiger partial charge in [0.15, 0.2) is 0 Å². The van der Waals surface area contributed by atoms with E-state index < -0.39 is 0 Å². The van der Waals surface area contributed by atoms with Gasteiger partial charge < -0.3 is 10.1 Å². The van der Waals surface area contributed by atoms with Crippen molar-refractivity contribution in [1.82, 2.24) is 5.32 Å². The molecule has 0 aliphatic rings. The standard InChI is InChI=1S/C14H22FNO/c1-5-16-11(4)13-7-6-12(8-14(13)15)17-9-10(2)3/h6-8,10-11,16H,5,9H2,1-4H3. The van der Waals surface area contributed by atoms with Crippen molar-refractivity contribution >= 4 is 0 Å². The Morgan fingerprint density at radius 2 is 2.00 bits per heavy atom.